The van der Waals surface area contributed by atoms with Gasteiger partial charge in [-0.3, -0.25) is 10.1 Å². The first kappa shape index (κ1) is 13.2. The molecule has 0 bridgehead atoms. The third-order valence-electron chi connectivity index (χ3n) is 3.86. The third-order valence-corrected chi connectivity index (χ3v) is 4.39. The molecule has 2 N–H and O–H groups in total. The number of anilines is 1. The predicted octanol–water partition coefficient (Wildman–Crippen LogP) is 2.41. The highest BCUT2D eigenvalue weighted by atomic mass is 79.9. The zero-order valence-corrected chi connectivity index (χ0v) is 12.4. The number of hydrogen-bond acceptors (Lipinski definition) is 4. The molecular formula is C13H14BrN5O. The van der Waals surface area contributed by atoms with Crippen LogP contribution < -0.4 is 5.32 Å². The fourth-order valence-corrected chi connectivity index (χ4v) is 3.09. The summed E-state index contributed by atoms with van der Waals surface area (Å²) in [5, 5.41) is 16.1. The van der Waals surface area contributed by atoms with Crippen molar-refractivity contribution in [1.82, 2.24) is 20.6 Å². The zero-order chi connectivity index (χ0) is 14.0. The lowest BCUT2D eigenvalue weighted by Gasteiger charge is -2.27. The fourth-order valence-electron chi connectivity index (χ4n) is 2.83. The van der Waals surface area contributed by atoms with Crippen LogP contribution >= 0.6 is 15.9 Å². The molecule has 1 aliphatic carbocycles. The molecule has 0 radical (unpaired) electrons. The molecule has 7 heteroatoms. The van der Waals surface area contributed by atoms with E-state index in [0.29, 0.717) is 0 Å². The van der Waals surface area contributed by atoms with E-state index < -0.39 is 5.41 Å². The Morgan fingerprint density at radius 2 is 1.95 bits per heavy atom. The molecule has 1 aliphatic rings. The SMILES string of the molecule is O=C(Nc1nn[nH]n1)C1(c2ccc(Br)cc2)CCCC1. The minimum Gasteiger partial charge on any atom is -0.291 e. The van der Waals surface area contributed by atoms with Gasteiger partial charge in [-0.2, -0.15) is 5.21 Å². The van der Waals surface area contributed by atoms with Gasteiger partial charge < -0.3 is 0 Å². The number of benzene rings is 1. The van der Waals surface area contributed by atoms with Crippen molar-refractivity contribution in [2.45, 2.75) is 31.1 Å². The van der Waals surface area contributed by atoms with Gasteiger partial charge in [-0.05, 0) is 35.8 Å². The van der Waals surface area contributed by atoms with E-state index in [9.17, 15) is 4.79 Å². The molecule has 0 spiro atoms. The van der Waals surface area contributed by atoms with Crippen LogP contribution in [0.1, 0.15) is 31.2 Å². The van der Waals surface area contributed by atoms with Gasteiger partial charge in [-0.1, -0.05) is 46.0 Å². The molecule has 20 heavy (non-hydrogen) atoms. The van der Waals surface area contributed by atoms with Crippen molar-refractivity contribution < 1.29 is 4.79 Å². The Morgan fingerprint density at radius 1 is 1.25 bits per heavy atom. The normalized spacial score (nSPS) is 17.1. The molecular weight excluding hydrogens is 322 g/mol. The number of amides is 1. The summed E-state index contributed by atoms with van der Waals surface area (Å²) < 4.78 is 1.01. The lowest BCUT2D eigenvalue weighted by atomic mass is 9.78. The Balaban J connectivity index is 1.91. The Kier molecular flexibility index (Phi) is 3.52. The van der Waals surface area contributed by atoms with Crippen LogP contribution in [0.3, 0.4) is 0 Å². The Bertz CT molecular complexity index is 590. The second-order valence-electron chi connectivity index (χ2n) is 4.99. The van der Waals surface area contributed by atoms with Crippen LogP contribution in [0.25, 0.3) is 0 Å². The van der Waals surface area contributed by atoms with E-state index >= 15 is 0 Å². The van der Waals surface area contributed by atoms with E-state index in [1.54, 1.807) is 0 Å². The summed E-state index contributed by atoms with van der Waals surface area (Å²) in [6, 6.07) is 7.95. The van der Waals surface area contributed by atoms with Gasteiger partial charge in [0.1, 0.15) is 0 Å². The largest absolute Gasteiger partial charge is 0.291 e. The Morgan fingerprint density at radius 3 is 2.55 bits per heavy atom. The van der Waals surface area contributed by atoms with Crippen LogP contribution in [-0.2, 0) is 10.2 Å². The fraction of sp³-hybridized carbons (Fsp3) is 0.385. The second-order valence-corrected chi connectivity index (χ2v) is 5.90. The van der Waals surface area contributed by atoms with Crippen LogP contribution in [0.5, 0.6) is 0 Å². The number of carbonyl (C=O) groups is 1. The summed E-state index contributed by atoms with van der Waals surface area (Å²) >= 11 is 3.42. The van der Waals surface area contributed by atoms with Gasteiger partial charge in [0.15, 0.2) is 0 Å². The summed E-state index contributed by atoms with van der Waals surface area (Å²) in [5.74, 6) is 0.164. The monoisotopic (exact) mass is 335 g/mol. The molecule has 0 atom stereocenters. The molecule has 0 aliphatic heterocycles. The molecule has 6 nitrogen and oxygen atoms in total. The zero-order valence-electron chi connectivity index (χ0n) is 10.8. The van der Waals surface area contributed by atoms with E-state index in [1.807, 2.05) is 24.3 Å². The Hall–Kier alpha value is -1.76. The first-order valence-corrected chi connectivity index (χ1v) is 7.31. The molecule has 1 saturated carbocycles. The van der Waals surface area contributed by atoms with Crippen molar-refractivity contribution in [2.24, 2.45) is 0 Å². The maximum Gasteiger partial charge on any atom is 0.269 e. The van der Waals surface area contributed by atoms with Crippen molar-refractivity contribution in [1.29, 1.82) is 0 Å². The summed E-state index contributed by atoms with van der Waals surface area (Å²) in [6.07, 6.45) is 3.79. The molecule has 104 valence electrons. The van der Waals surface area contributed by atoms with Crippen molar-refractivity contribution in [2.75, 3.05) is 5.32 Å². The maximum atomic E-state index is 12.7. The maximum absolute atomic E-state index is 12.7. The van der Waals surface area contributed by atoms with Crippen LogP contribution in [0, 0.1) is 0 Å². The topological polar surface area (TPSA) is 83.6 Å². The smallest absolute Gasteiger partial charge is 0.269 e. The molecule has 1 aromatic heterocycles. The van der Waals surface area contributed by atoms with Crippen molar-refractivity contribution >= 4 is 27.8 Å². The highest BCUT2D eigenvalue weighted by Crippen LogP contribution is 2.42. The van der Waals surface area contributed by atoms with E-state index in [-0.39, 0.29) is 11.9 Å². The van der Waals surface area contributed by atoms with Crippen LogP contribution in [0.15, 0.2) is 28.7 Å². The quantitative estimate of drug-likeness (QED) is 0.902. The number of halogens is 1. The molecule has 0 unspecified atom stereocenters. The summed E-state index contributed by atoms with van der Waals surface area (Å²) in [6.45, 7) is 0. The number of tetrazole rings is 1. The van der Waals surface area contributed by atoms with Gasteiger partial charge in [0.05, 0.1) is 5.41 Å². The van der Waals surface area contributed by atoms with Gasteiger partial charge in [-0.15, -0.1) is 5.10 Å². The Labute approximate surface area is 124 Å². The molecule has 2 aromatic rings. The standard InChI is InChI=1S/C13H14BrN5O/c14-10-5-3-9(4-6-10)13(7-1-2-8-13)11(20)15-12-16-18-19-17-12/h3-6H,1-2,7-8H2,(H2,15,16,17,18,19,20). The number of hydrogen-bond donors (Lipinski definition) is 2. The number of aromatic nitrogens is 4. The van der Waals surface area contributed by atoms with Crippen molar-refractivity contribution in [3.63, 3.8) is 0 Å². The number of nitrogens with zero attached hydrogens (tertiary/aromatic N) is 3. The highest BCUT2D eigenvalue weighted by molar-refractivity contribution is 9.10. The summed E-state index contributed by atoms with van der Waals surface area (Å²) in [7, 11) is 0. The molecule has 1 amide bonds. The lowest BCUT2D eigenvalue weighted by Crippen LogP contribution is -2.38. The number of H-pyrrole nitrogens is 1. The average molecular weight is 336 g/mol. The van der Waals surface area contributed by atoms with E-state index in [0.717, 1.165) is 35.7 Å². The van der Waals surface area contributed by atoms with E-state index in [1.165, 1.54) is 0 Å². The molecule has 1 fully saturated rings. The summed E-state index contributed by atoms with van der Waals surface area (Å²) in [5.41, 5.74) is 0.556. The minimum atomic E-state index is -0.485. The lowest BCUT2D eigenvalue weighted by molar-refractivity contribution is -0.121. The third kappa shape index (κ3) is 2.33. The number of nitrogens with one attached hydrogen (secondary N) is 2. The van der Waals surface area contributed by atoms with Crippen molar-refractivity contribution in [3.8, 4) is 0 Å². The molecule has 0 saturated heterocycles. The van der Waals surface area contributed by atoms with Crippen LogP contribution in [-0.4, -0.2) is 26.5 Å². The van der Waals surface area contributed by atoms with Crippen LogP contribution in [0.4, 0.5) is 5.95 Å². The second kappa shape index (κ2) is 5.32. The van der Waals surface area contributed by atoms with E-state index in [2.05, 4.69) is 41.9 Å². The summed E-state index contributed by atoms with van der Waals surface area (Å²) in [4.78, 5) is 12.7. The van der Waals surface area contributed by atoms with Gasteiger partial charge in [0, 0.05) is 4.47 Å². The number of aromatic amines is 1. The van der Waals surface area contributed by atoms with Gasteiger partial charge >= 0.3 is 0 Å². The predicted molar refractivity (Wildman–Crippen MR) is 77.1 cm³/mol. The van der Waals surface area contributed by atoms with Gasteiger partial charge in [-0.25, -0.2) is 0 Å². The van der Waals surface area contributed by atoms with Crippen molar-refractivity contribution in [3.05, 3.63) is 34.3 Å². The minimum absolute atomic E-state index is 0.0567. The van der Waals surface area contributed by atoms with Gasteiger partial charge in [0.25, 0.3) is 5.95 Å². The molecule has 1 aromatic carbocycles. The van der Waals surface area contributed by atoms with Gasteiger partial charge in [0.2, 0.25) is 5.91 Å². The average Bonchev–Trinajstić information content (AvgIpc) is 3.10. The van der Waals surface area contributed by atoms with E-state index in [4.69, 9.17) is 0 Å². The first-order valence-electron chi connectivity index (χ1n) is 6.52. The highest BCUT2D eigenvalue weighted by Gasteiger charge is 2.43. The molecule has 3 rings (SSSR count). The first-order chi connectivity index (χ1) is 9.71. The number of carbonyl (C=O) groups excluding carboxylic acids is 1. The number of rotatable bonds is 3. The molecule has 1 heterocycles. The van der Waals surface area contributed by atoms with Crippen LogP contribution in [0.2, 0.25) is 0 Å².